The van der Waals surface area contributed by atoms with Gasteiger partial charge in [-0.3, -0.25) is 9.69 Å². The number of aliphatic carboxylic acids is 1. The number of rotatable bonds is 3. The number of thioether (sulfide) groups is 1. The number of nitrogens with zero attached hydrogens (tertiary/aromatic N) is 2. The van der Waals surface area contributed by atoms with Crippen LogP contribution in [0, 0.1) is 0 Å². The highest BCUT2D eigenvalue weighted by atomic mass is 32.2. The van der Waals surface area contributed by atoms with Crippen molar-refractivity contribution in [3.05, 3.63) is 30.2 Å². The summed E-state index contributed by atoms with van der Waals surface area (Å²) in [4.78, 5) is 17.5. The largest absolute Gasteiger partial charge is 0.480 e. The number of para-hydroxylation sites is 2. The molecule has 1 aliphatic heterocycles. The lowest BCUT2D eigenvalue weighted by molar-refractivity contribution is -0.142. The Morgan fingerprint density at radius 1 is 1.53 bits per heavy atom. The van der Waals surface area contributed by atoms with Crippen LogP contribution in [0.15, 0.2) is 28.7 Å². The fourth-order valence-electron chi connectivity index (χ4n) is 2.22. The van der Waals surface area contributed by atoms with Crippen LogP contribution in [0.25, 0.3) is 11.1 Å². The number of hydrogen-bond acceptors (Lipinski definition) is 5. The van der Waals surface area contributed by atoms with Crippen LogP contribution in [0.5, 0.6) is 0 Å². The van der Waals surface area contributed by atoms with E-state index in [9.17, 15) is 9.90 Å². The molecule has 2 aromatic rings. The highest BCUT2D eigenvalue weighted by Gasteiger charge is 2.29. The monoisotopic (exact) mass is 278 g/mol. The Labute approximate surface area is 114 Å². The Hall–Kier alpha value is -1.53. The summed E-state index contributed by atoms with van der Waals surface area (Å²) >= 11 is 1.68. The molecule has 0 amide bonds. The maximum atomic E-state index is 11.2. The zero-order chi connectivity index (χ0) is 13.2. The summed E-state index contributed by atoms with van der Waals surface area (Å²) in [7, 11) is 0. The third kappa shape index (κ3) is 2.59. The summed E-state index contributed by atoms with van der Waals surface area (Å²) in [6.07, 6.45) is 0. The number of hydrogen-bond donors (Lipinski definition) is 1. The van der Waals surface area contributed by atoms with Gasteiger partial charge in [0.1, 0.15) is 11.6 Å². The molecule has 0 aliphatic carbocycles. The minimum atomic E-state index is -0.775. The molecule has 0 radical (unpaired) electrons. The highest BCUT2D eigenvalue weighted by Crippen LogP contribution is 2.21. The Bertz CT molecular complexity index is 565. The van der Waals surface area contributed by atoms with Gasteiger partial charge in [-0.1, -0.05) is 12.1 Å². The third-order valence-corrected chi connectivity index (χ3v) is 4.22. The second-order valence-corrected chi connectivity index (χ2v) is 5.62. The Morgan fingerprint density at radius 3 is 3.16 bits per heavy atom. The summed E-state index contributed by atoms with van der Waals surface area (Å²) in [6.45, 7) is 1.20. The number of carboxylic acid groups (broad SMARTS) is 1. The van der Waals surface area contributed by atoms with Crippen LogP contribution >= 0.6 is 11.8 Å². The van der Waals surface area contributed by atoms with E-state index in [4.69, 9.17) is 4.42 Å². The molecule has 1 saturated heterocycles. The quantitative estimate of drug-likeness (QED) is 0.924. The zero-order valence-corrected chi connectivity index (χ0v) is 11.1. The lowest BCUT2D eigenvalue weighted by atomic mass is 10.2. The Balaban J connectivity index is 1.80. The van der Waals surface area contributed by atoms with Gasteiger partial charge >= 0.3 is 5.97 Å². The maximum absolute atomic E-state index is 11.2. The smallest absolute Gasteiger partial charge is 0.321 e. The Kier molecular flexibility index (Phi) is 3.44. The van der Waals surface area contributed by atoms with Gasteiger partial charge < -0.3 is 9.52 Å². The molecule has 1 atom stereocenters. The first-order valence-corrected chi connectivity index (χ1v) is 7.28. The second kappa shape index (κ2) is 5.22. The maximum Gasteiger partial charge on any atom is 0.321 e. The van der Waals surface area contributed by atoms with Crippen molar-refractivity contribution in [1.82, 2.24) is 9.88 Å². The third-order valence-electron chi connectivity index (χ3n) is 3.20. The number of carbonyl (C=O) groups is 1. The van der Waals surface area contributed by atoms with Crippen LogP contribution < -0.4 is 0 Å². The van der Waals surface area contributed by atoms with Gasteiger partial charge in [0.05, 0.1) is 6.54 Å². The van der Waals surface area contributed by atoms with E-state index in [1.54, 1.807) is 11.8 Å². The van der Waals surface area contributed by atoms with Crippen LogP contribution in [0.2, 0.25) is 0 Å². The molecular weight excluding hydrogens is 264 g/mol. The van der Waals surface area contributed by atoms with Gasteiger partial charge in [-0.25, -0.2) is 4.98 Å². The molecule has 1 aliphatic rings. The average molecular weight is 278 g/mol. The molecule has 3 rings (SSSR count). The highest BCUT2D eigenvalue weighted by molar-refractivity contribution is 7.99. The molecule has 0 spiro atoms. The number of carboxylic acids is 1. The summed E-state index contributed by atoms with van der Waals surface area (Å²) in [5.41, 5.74) is 1.56. The van der Waals surface area contributed by atoms with E-state index in [2.05, 4.69) is 4.98 Å². The minimum absolute atomic E-state index is 0.450. The molecule has 0 saturated carbocycles. The molecule has 1 aromatic carbocycles. The SMILES string of the molecule is O=C(O)C1CSCCN1Cc1nc2ccccc2o1. The lowest BCUT2D eigenvalue weighted by Crippen LogP contribution is -2.46. The first-order valence-electron chi connectivity index (χ1n) is 6.13. The number of aromatic nitrogens is 1. The fourth-order valence-corrected chi connectivity index (χ4v) is 3.32. The first-order chi connectivity index (χ1) is 9.24. The number of oxazole rings is 1. The van der Waals surface area contributed by atoms with Gasteiger partial charge in [0, 0.05) is 18.1 Å². The average Bonchev–Trinajstić information content (AvgIpc) is 2.81. The molecule has 5 nitrogen and oxygen atoms in total. The second-order valence-electron chi connectivity index (χ2n) is 4.47. The lowest BCUT2D eigenvalue weighted by Gasteiger charge is -2.31. The van der Waals surface area contributed by atoms with Crippen molar-refractivity contribution in [2.75, 3.05) is 18.1 Å². The standard InChI is InChI=1S/C13H14N2O3S/c16-13(17)10-8-19-6-5-15(10)7-12-14-9-3-1-2-4-11(9)18-12/h1-4,10H,5-8H2,(H,16,17). The van der Waals surface area contributed by atoms with E-state index < -0.39 is 12.0 Å². The number of fused-ring (bicyclic) bond motifs is 1. The van der Waals surface area contributed by atoms with Gasteiger partial charge in [0.15, 0.2) is 5.58 Å². The van der Waals surface area contributed by atoms with Gasteiger partial charge in [-0.2, -0.15) is 11.8 Å². The molecule has 6 heteroatoms. The van der Waals surface area contributed by atoms with Crippen LogP contribution in [-0.2, 0) is 11.3 Å². The van der Waals surface area contributed by atoms with Crippen molar-refractivity contribution >= 4 is 28.8 Å². The summed E-state index contributed by atoms with van der Waals surface area (Å²) in [6, 6.07) is 7.12. The molecule has 19 heavy (non-hydrogen) atoms. The minimum Gasteiger partial charge on any atom is -0.480 e. The molecule has 100 valence electrons. The molecule has 1 N–H and O–H groups in total. The van der Waals surface area contributed by atoms with Gasteiger partial charge in [-0.15, -0.1) is 0 Å². The van der Waals surface area contributed by atoms with E-state index in [1.807, 2.05) is 29.2 Å². The summed E-state index contributed by atoms with van der Waals surface area (Å²) < 4.78 is 5.65. The molecule has 0 bridgehead atoms. The fraction of sp³-hybridized carbons (Fsp3) is 0.385. The van der Waals surface area contributed by atoms with Crippen molar-refractivity contribution in [3.8, 4) is 0 Å². The van der Waals surface area contributed by atoms with E-state index in [0.717, 1.165) is 23.4 Å². The molecule has 2 heterocycles. The van der Waals surface area contributed by atoms with E-state index >= 15 is 0 Å². The van der Waals surface area contributed by atoms with Crippen LogP contribution in [0.3, 0.4) is 0 Å². The zero-order valence-electron chi connectivity index (χ0n) is 10.3. The van der Waals surface area contributed by atoms with Crippen molar-refractivity contribution in [3.63, 3.8) is 0 Å². The molecular formula is C13H14N2O3S. The van der Waals surface area contributed by atoms with E-state index in [0.29, 0.717) is 18.2 Å². The van der Waals surface area contributed by atoms with Crippen LogP contribution in [0.1, 0.15) is 5.89 Å². The predicted molar refractivity (Wildman–Crippen MR) is 73.2 cm³/mol. The van der Waals surface area contributed by atoms with E-state index in [-0.39, 0.29) is 0 Å². The van der Waals surface area contributed by atoms with Crippen molar-refractivity contribution < 1.29 is 14.3 Å². The topological polar surface area (TPSA) is 66.6 Å². The van der Waals surface area contributed by atoms with Gasteiger partial charge in [0.25, 0.3) is 0 Å². The van der Waals surface area contributed by atoms with Crippen LogP contribution in [0.4, 0.5) is 0 Å². The summed E-state index contributed by atoms with van der Waals surface area (Å²) in [5, 5.41) is 9.22. The van der Waals surface area contributed by atoms with Gasteiger partial charge in [0.2, 0.25) is 5.89 Å². The van der Waals surface area contributed by atoms with E-state index in [1.165, 1.54) is 0 Å². The molecule has 1 unspecified atom stereocenters. The van der Waals surface area contributed by atoms with Crippen molar-refractivity contribution in [1.29, 1.82) is 0 Å². The first kappa shape index (κ1) is 12.5. The molecule has 1 fully saturated rings. The predicted octanol–water partition coefficient (Wildman–Crippen LogP) is 1.83. The van der Waals surface area contributed by atoms with Crippen LogP contribution in [-0.4, -0.2) is 45.1 Å². The summed E-state index contributed by atoms with van der Waals surface area (Å²) in [5.74, 6) is 1.38. The normalized spacial score (nSPS) is 20.7. The Morgan fingerprint density at radius 2 is 2.37 bits per heavy atom. The number of benzene rings is 1. The molecule has 1 aromatic heterocycles. The van der Waals surface area contributed by atoms with Crippen molar-refractivity contribution in [2.45, 2.75) is 12.6 Å². The van der Waals surface area contributed by atoms with Crippen molar-refractivity contribution in [2.24, 2.45) is 0 Å². The van der Waals surface area contributed by atoms with Gasteiger partial charge in [-0.05, 0) is 12.1 Å².